The van der Waals surface area contributed by atoms with Gasteiger partial charge in [0.25, 0.3) is 0 Å². The molecule has 1 fully saturated rings. The van der Waals surface area contributed by atoms with E-state index in [9.17, 15) is 14.4 Å². The van der Waals surface area contributed by atoms with Crippen molar-refractivity contribution in [2.75, 3.05) is 7.05 Å². The van der Waals surface area contributed by atoms with Gasteiger partial charge in [-0.3, -0.25) is 14.9 Å². The zero-order chi connectivity index (χ0) is 14.4. The Labute approximate surface area is 112 Å². The molecule has 1 aliphatic rings. The average Bonchev–Trinajstić information content (AvgIpc) is 2.38. The summed E-state index contributed by atoms with van der Waals surface area (Å²) in [7, 11) is 1.44. The lowest BCUT2D eigenvalue weighted by Gasteiger charge is -2.29. The molecule has 1 aliphatic carbocycles. The van der Waals surface area contributed by atoms with Gasteiger partial charge in [0, 0.05) is 13.1 Å². The van der Waals surface area contributed by atoms with Crippen molar-refractivity contribution in [3.05, 3.63) is 0 Å². The van der Waals surface area contributed by atoms with Gasteiger partial charge in [0.1, 0.15) is 0 Å². The normalized spacial score (nSPS) is 24.3. The number of carbonyl (C=O) groups excluding carboxylic acids is 2. The van der Waals surface area contributed by atoms with Crippen molar-refractivity contribution >= 4 is 17.9 Å². The maximum Gasteiger partial charge on any atom is 0.321 e. The number of urea groups is 1. The Hall–Kier alpha value is -1.63. The number of carbonyl (C=O) groups is 3. The second-order valence-electron chi connectivity index (χ2n) is 4.84. The molecule has 4 N–H and O–H groups in total. The fourth-order valence-electron chi connectivity index (χ4n) is 2.22. The van der Waals surface area contributed by atoms with E-state index in [1.807, 2.05) is 0 Å². The monoisotopic (exact) mass is 271 g/mol. The number of hydrogen-bond acceptors (Lipinski definition) is 4. The number of hydrogen-bond donors (Lipinski definition) is 4. The third-order valence-corrected chi connectivity index (χ3v) is 3.42. The van der Waals surface area contributed by atoms with E-state index in [1.54, 1.807) is 6.92 Å². The Balaban J connectivity index is 2.34. The molecule has 1 unspecified atom stereocenters. The first-order valence-corrected chi connectivity index (χ1v) is 6.45. The van der Waals surface area contributed by atoms with Gasteiger partial charge in [0.05, 0.1) is 12.0 Å². The maximum atomic E-state index is 11.6. The van der Waals surface area contributed by atoms with Crippen LogP contribution in [0, 0.1) is 5.92 Å². The fraction of sp³-hybridized carbons (Fsp3) is 0.750. The lowest BCUT2D eigenvalue weighted by molar-refractivity contribution is -0.143. The lowest BCUT2D eigenvalue weighted by atomic mass is 9.86. The molecular weight excluding hydrogens is 250 g/mol. The summed E-state index contributed by atoms with van der Waals surface area (Å²) in [6, 6.07) is -0.891. The number of aliphatic carboxylic acids is 1. The number of carboxylic acid groups (broad SMARTS) is 1. The quantitative estimate of drug-likeness (QED) is 0.578. The van der Waals surface area contributed by atoms with Gasteiger partial charge in [-0.15, -0.1) is 0 Å². The Bertz CT molecular complexity index is 351. The number of amides is 3. The minimum atomic E-state index is -0.746. The highest BCUT2D eigenvalue weighted by molar-refractivity contribution is 5.96. The first-order valence-electron chi connectivity index (χ1n) is 6.45. The summed E-state index contributed by atoms with van der Waals surface area (Å²) < 4.78 is 0. The van der Waals surface area contributed by atoms with Gasteiger partial charge in [-0.2, -0.15) is 0 Å². The first kappa shape index (κ1) is 15.4. The Morgan fingerprint density at radius 2 is 1.74 bits per heavy atom. The number of imide groups is 1. The van der Waals surface area contributed by atoms with E-state index in [0.717, 1.165) is 12.8 Å². The Kier molecular flexibility index (Phi) is 5.75. The van der Waals surface area contributed by atoms with E-state index < -0.39 is 18.0 Å². The molecule has 0 aromatic carbocycles. The molecule has 0 aliphatic heterocycles. The number of rotatable bonds is 4. The van der Waals surface area contributed by atoms with Crippen molar-refractivity contribution in [2.45, 2.75) is 44.7 Å². The zero-order valence-electron chi connectivity index (χ0n) is 11.2. The third kappa shape index (κ3) is 4.86. The van der Waals surface area contributed by atoms with Crippen LogP contribution in [0.4, 0.5) is 4.79 Å². The summed E-state index contributed by atoms with van der Waals surface area (Å²) in [6.07, 6.45) is 2.71. The van der Waals surface area contributed by atoms with Crippen LogP contribution in [0.15, 0.2) is 0 Å². The molecule has 3 amide bonds. The van der Waals surface area contributed by atoms with E-state index in [1.165, 1.54) is 7.05 Å². The number of nitrogens with one attached hydrogen (secondary N) is 3. The van der Waals surface area contributed by atoms with Crippen LogP contribution in [0.1, 0.15) is 32.6 Å². The van der Waals surface area contributed by atoms with Gasteiger partial charge >= 0.3 is 12.0 Å². The van der Waals surface area contributed by atoms with E-state index in [2.05, 4.69) is 16.0 Å². The third-order valence-electron chi connectivity index (χ3n) is 3.42. The molecular formula is C12H21N3O4. The van der Waals surface area contributed by atoms with Crippen molar-refractivity contribution in [1.82, 2.24) is 16.0 Å². The van der Waals surface area contributed by atoms with Gasteiger partial charge in [-0.1, -0.05) is 0 Å². The molecule has 1 rings (SSSR count). The SMILES string of the molecule is CNC(=O)NC(=O)C(C)NC1CCC(C(=O)O)CC1. The minimum Gasteiger partial charge on any atom is -0.481 e. The summed E-state index contributed by atoms with van der Waals surface area (Å²) in [5.41, 5.74) is 0. The summed E-state index contributed by atoms with van der Waals surface area (Å²) in [4.78, 5) is 33.4. The number of carboxylic acids is 1. The molecule has 1 saturated carbocycles. The first-order chi connectivity index (χ1) is 8.93. The molecule has 7 heteroatoms. The lowest BCUT2D eigenvalue weighted by Crippen LogP contribution is -2.50. The van der Waals surface area contributed by atoms with Crippen molar-refractivity contribution in [1.29, 1.82) is 0 Å². The van der Waals surface area contributed by atoms with Gasteiger partial charge in [-0.05, 0) is 32.6 Å². The molecule has 0 aromatic heterocycles. The van der Waals surface area contributed by atoms with Crippen LogP contribution < -0.4 is 16.0 Å². The van der Waals surface area contributed by atoms with Crippen LogP contribution in [0.25, 0.3) is 0 Å². The van der Waals surface area contributed by atoms with E-state index in [4.69, 9.17) is 5.11 Å². The van der Waals surface area contributed by atoms with E-state index >= 15 is 0 Å². The molecule has 108 valence electrons. The second kappa shape index (κ2) is 7.08. The maximum absolute atomic E-state index is 11.6. The predicted molar refractivity (Wildman–Crippen MR) is 68.6 cm³/mol. The summed E-state index contributed by atoms with van der Waals surface area (Å²) in [6.45, 7) is 1.68. The summed E-state index contributed by atoms with van der Waals surface area (Å²) >= 11 is 0. The highest BCUT2D eigenvalue weighted by atomic mass is 16.4. The summed E-state index contributed by atoms with van der Waals surface area (Å²) in [5, 5.41) is 16.5. The van der Waals surface area contributed by atoms with E-state index in [0.29, 0.717) is 12.8 Å². The Morgan fingerprint density at radius 3 is 2.21 bits per heavy atom. The van der Waals surface area contributed by atoms with Gasteiger partial charge in [0.15, 0.2) is 0 Å². The molecule has 0 bridgehead atoms. The fourth-order valence-corrected chi connectivity index (χ4v) is 2.22. The van der Waals surface area contributed by atoms with E-state index in [-0.39, 0.29) is 17.9 Å². The largest absolute Gasteiger partial charge is 0.481 e. The molecule has 0 heterocycles. The molecule has 0 spiro atoms. The molecule has 0 saturated heterocycles. The zero-order valence-corrected chi connectivity index (χ0v) is 11.2. The highest BCUT2D eigenvalue weighted by Gasteiger charge is 2.27. The minimum absolute atomic E-state index is 0.126. The van der Waals surface area contributed by atoms with Crippen molar-refractivity contribution < 1.29 is 19.5 Å². The molecule has 19 heavy (non-hydrogen) atoms. The van der Waals surface area contributed by atoms with Gasteiger partial charge in [0.2, 0.25) is 5.91 Å². The van der Waals surface area contributed by atoms with Crippen LogP contribution in [-0.4, -0.2) is 42.1 Å². The van der Waals surface area contributed by atoms with Crippen LogP contribution in [0.3, 0.4) is 0 Å². The average molecular weight is 271 g/mol. The van der Waals surface area contributed by atoms with Crippen LogP contribution in [-0.2, 0) is 9.59 Å². The van der Waals surface area contributed by atoms with Crippen LogP contribution in [0.2, 0.25) is 0 Å². The van der Waals surface area contributed by atoms with Crippen LogP contribution >= 0.6 is 0 Å². The second-order valence-corrected chi connectivity index (χ2v) is 4.84. The molecule has 1 atom stereocenters. The standard InChI is InChI=1S/C12H21N3O4/c1-7(10(16)15-12(19)13-2)14-9-5-3-8(4-6-9)11(17)18/h7-9,14H,3-6H2,1-2H3,(H,17,18)(H2,13,15,16,19). The van der Waals surface area contributed by atoms with Crippen molar-refractivity contribution in [3.8, 4) is 0 Å². The van der Waals surface area contributed by atoms with Gasteiger partial charge < -0.3 is 15.7 Å². The van der Waals surface area contributed by atoms with Crippen molar-refractivity contribution in [2.24, 2.45) is 5.92 Å². The topological polar surface area (TPSA) is 108 Å². The molecule has 0 radical (unpaired) electrons. The molecule has 0 aromatic rings. The Morgan fingerprint density at radius 1 is 1.16 bits per heavy atom. The molecule has 7 nitrogen and oxygen atoms in total. The summed E-state index contributed by atoms with van der Waals surface area (Å²) in [5.74, 6) is -1.41. The van der Waals surface area contributed by atoms with Crippen LogP contribution in [0.5, 0.6) is 0 Å². The predicted octanol–water partition coefficient (Wildman–Crippen LogP) is 0.0635. The smallest absolute Gasteiger partial charge is 0.321 e. The van der Waals surface area contributed by atoms with Gasteiger partial charge in [-0.25, -0.2) is 4.79 Å². The highest BCUT2D eigenvalue weighted by Crippen LogP contribution is 2.24. The van der Waals surface area contributed by atoms with Crippen molar-refractivity contribution in [3.63, 3.8) is 0 Å².